The number of aryl methyl sites for hydroxylation is 1. The number of benzene rings is 1. The molecular formula is C15H21O4P. The first-order valence-corrected chi connectivity index (χ1v) is 8.66. The van der Waals surface area contributed by atoms with Crippen molar-refractivity contribution in [3.63, 3.8) is 0 Å². The second kappa shape index (κ2) is 7.51. The van der Waals surface area contributed by atoms with E-state index in [1.165, 1.54) is 12.5 Å². The van der Waals surface area contributed by atoms with Crippen LogP contribution in [-0.4, -0.2) is 28.3 Å². The molecule has 0 bridgehead atoms. The number of hydrogen-bond donors (Lipinski definition) is 1. The fourth-order valence-electron chi connectivity index (χ4n) is 1.98. The van der Waals surface area contributed by atoms with E-state index < -0.39 is 24.6 Å². The number of hydrogen-bond acceptors (Lipinski definition) is 3. The normalized spacial score (nSPS) is 15.3. The van der Waals surface area contributed by atoms with Crippen molar-refractivity contribution in [2.45, 2.75) is 38.8 Å². The zero-order valence-corrected chi connectivity index (χ0v) is 12.8. The Morgan fingerprint density at radius 3 is 2.35 bits per heavy atom. The first kappa shape index (κ1) is 16.8. The molecule has 1 aromatic rings. The summed E-state index contributed by atoms with van der Waals surface area (Å²) in [4.78, 5) is 32.3. The highest BCUT2D eigenvalue weighted by Crippen LogP contribution is 2.47. The molecule has 0 heterocycles. The zero-order valence-electron chi connectivity index (χ0n) is 11.9. The second-order valence-corrected chi connectivity index (χ2v) is 7.75. The third-order valence-corrected chi connectivity index (χ3v) is 5.77. The molecule has 2 unspecified atom stereocenters. The van der Waals surface area contributed by atoms with Gasteiger partial charge in [-0.25, -0.2) is 0 Å². The Balaban J connectivity index is 2.42. The summed E-state index contributed by atoms with van der Waals surface area (Å²) in [5.41, 5.74) is 0.102. The summed E-state index contributed by atoms with van der Waals surface area (Å²) < 4.78 is 12.1. The fourth-order valence-corrected chi connectivity index (χ4v) is 3.60. The van der Waals surface area contributed by atoms with E-state index >= 15 is 0 Å². The summed E-state index contributed by atoms with van der Waals surface area (Å²) in [5, 5.41) is 0. The highest BCUT2D eigenvalue weighted by molar-refractivity contribution is 7.60. The van der Waals surface area contributed by atoms with E-state index in [4.69, 9.17) is 0 Å². The van der Waals surface area contributed by atoms with E-state index in [0.717, 1.165) is 19.8 Å². The molecule has 5 heteroatoms. The molecule has 0 amide bonds. The van der Waals surface area contributed by atoms with E-state index in [1.807, 2.05) is 30.3 Å². The Hall–Kier alpha value is -1.25. The number of rotatable bonds is 8. The van der Waals surface area contributed by atoms with E-state index in [1.54, 1.807) is 0 Å². The summed E-state index contributed by atoms with van der Waals surface area (Å²) in [6.45, 7) is 2.50. The molecule has 0 aliphatic heterocycles. The summed E-state index contributed by atoms with van der Waals surface area (Å²) >= 11 is 0. The van der Waals surface area contributed by atoms with E-state index in [0.29, 0.717) is 6.42 Å². The number of unbranched alkanes of at least 4 members (excludes halogenated alkanes) is 1. The predicted molar refractivity (Wildman–Crippen MR) is 79.2 cm³/mol. The SMILES string of the molecule is CC(=O)C(=O)C(C)P(=O)(O)CCCCc1ccccc1. The molecule has 20 heavy (non-hydrogen) atoms. The molecule has 1 rings (SSSR count). The molecule has 0 spiro atoms. The monoisotopic (exact) mass is 296 g/mol. The van der Waals surface area contributed by atoms with Crippen LogP contribution < -0.4 is 0 Å². The molecule has 110 valence electrons. The minimum atomic E-state index is -3.59. The topological polar surface area (TPSA) is 71.4 Å². The largest absolute Gasteiger partial charge is 0.344 e. The van der Waals surface area contributed by atoms with Gasteiger partial charge < -0.3 is 4.89 Å². The van der Waals surface area contributed by atoms with Crippen LogP contribution in [0.3, 0.4) is 0 Å². The summed E-state index contributed by atoms with van der Waals surface area (Å²) in [6.07, 6.45) is 2.28. The van der Waals surface area contributed by atoms with Gasteiger partial charge in [-0.1, -0.05) is 30.3 Å². The lowest BCUT2D eigenvalue weighted by atomic mass is 10.1. The van der Waals surface area contributed by atoms with Crippen LogP contribution >= 0.6 is 7.37 Å². The lowest BCUT2D eigenvalue weighted by Gasteiger charge is -2.17. The van der Waals surface area contributed by atoms with E-state index in [-0.39, 0.29) is 6.16 Å². The maximum atomic E-state index is 12.1. The van der Waals surface area contributed by atoms with Gasteiger partial charge in [0.05, 0.1) is 5.66 Å². The lowest BCUT2D eigenvalue weighted by molar-refractivity contribution is -0.135. The first-order chi connectivity index (χ1) is 9.34. The van der Waals surface area contributed by atoms with Gasteiger partial charge in [-0.2, -0.15) is 0 Å². The van der Waals surface area contributed by atoms with Gasteiger partial charge >= 0.3 is 0 Å². The maximum Gasteiger partial charge on any atom is 0.211 e. The average Bonchev–Trinajstić information content (AvgIpc) is 2.43. The van der Waals surface area contributed by atoms with Gasteiger partial charge in [-0.3, -0.25) is 14.2 Å². The van der Waals surface area contributed by atoms with Crippen molar-refractivity contribution in [2.24, 2.45) is 0 Å². The van der Waals surface area contributed by atoms with Crippen molar-refractivity contribution in [3.8, 4) is 0 Å². The molecule has 0 saturated heterocycles. The average molecular weight is 296 g/mol. The Morgan fingerprint density at radius 1 is 1.20 bits per heavy atom. The molecule has 0 radical (unpaired) electrons. The van der Waals surface area contributed by atoms with Crippen LogP contribution in [0.1, 0.15) is 32.3 Å². The molecule has 0 aromatic heterocycles. The molecule has 0 fully saturated rings. The minimum Gasteiger partial charge on any atom is -0.344 e. The van der Waals surface area contributed by atoms with Crippen molar-refractivity contribution < 1.29 is 19.0 Å². The van der Waals surface area contributed by atoms with Crippen LogP contribution in [-0.2, 0) is 20.6 Å². The predicted octanol–water partition coefficient (Wildman–Crippen LogP) is 2.83. The molecular weight excluding hydrogens is 275 g/mol. The van der Waals surface area contributed by atoms with Gasteiger partial charge in [0, 0.05) is 13.1 Å². The molecule has 4 nitrogen and oxygen atoms in total. The van der Waals surface area contributed by atoms with Crippen LogP contribution in [0.4, 0.5) is 0 Å². The Labute approximate surface area is 119 Å². The molecule has 2 atom stereocenters. The zero-order chi connectivity index (χ0) is 15.2. The van der Waals surface area contributed by atoms with Crippen LogP contribution in [0.15, 0.2) is 30.3 Å². The van der Waals surface area contributed by atoms with Crippen LogP contribution in [0.25, 0.3) is 0 Å². The van der Waals surface area contributed by atoms with Crippen molar-refractivity contribution in [3.05, 3.63) is 35.9 Å². The van der Waals surface area contributed by atoms with Crippen molar-refractivity contribution in [1.82, 2.24) is 0 Å². The minimum absolute atomic E-state index is 0.0834. The third kappa shape index (κ3) is 5.03. The Bertz CT molecular complexity index is 510. The maximum absolute atomic E-state index is 12.1. The number of carbonyl (C=O) groups is 2. The quantitative estimate of drug-likeness (QED) is 0.455. The van der Waals surface area contributed by atoms with Crippen molar-refractivity contribution in [2.75, 3.05) is 6.16 Å². The third-order valence-electron chi connectivity index (χ3n) is 3.37. The van der Waals surface area contributed by atoms with Gasteiger partial charge in [0.25, 0.3) is 0 Å². The molecule has 1 N–H and O–H groups in total. The molecule has 0 saturated carbocycles. The Kier molecular flexibility index (Phi) is 6.31. The molecule has 0 aliphatic carbocycles. The summed E-state index contributed by atoms with van der Waals surface area (Å²) in [5.74, 6) is -1.41. The highest BCUT2D eigenvalue weighted by atomic mass is 31.2. The summed E-state index contributed by atoms with van der Waals surface area (Å²) in [6, 6.07) is 9.89. The second-order valence-electron chi connectivity index (χ2n) is 5.02. The van der Waals surface area contributed by atoms with Gasteiger partial charge in [0.15, 0.2) is 5.78 Å². The van der Waals surface area contributed by atoms with Gasteiger partial charge in [0.2, 0.25) is 13.2 Å². The summed E-state index contributed by atoms with van der Waals surface area (Å²) in [7, 11) is -3.59. The fraction of sp³-hybridized carbons (Fsp3) is 0.467. The standard InChI is InChI=1S/C15H21O4P/c1-12(16)15(17)13(2)20(18,19)11-7-6-10-14-8-4-3-5-9-14/h3-5,8-9,13H,6-7,10-11H2,1-2H3,(H,18,19). The molecule has 1 aromatic carbocycles. The van der Waals surface area contributed by atoms with Crippen LogP contribution in [0.2, 0.25) is 0 Å². The Morgan fingerprint density at radius 2 is 1.80 bits per heavy atom. The lowest BCUT2D eigenvalue weighted by Crippen LogP contribution is -2.25. The van der Waals surface area contributed by atoms with Crippen molar-refractivity contribution >= 4 is 18.9 Å². The van der Waals surface area contributed by atoms with Gasteiger partial charge in [-0.15, -0.1) is 0 Å². The van der Waals surface area contributed by atoms with Crippen LogP contribution in [0.5, 0.6) is 0 Å². The van der Waals surface area contributed by atoms with E-state index in [2.05, 4.69) is 0 Å². The smallest absolute Gasteiger partial charge is 0.211 e. The number of ketones is 2. The van der Waals surface area contributed by atoms with Gasteiger partial charge in [0.1, 0.15) is 0 Å². The highest BCUT2D eigenvalue weighted by Gasteiger charge is 2.34. The molecule has 0 aliphatic rings. The van der Waals surface area contributed by atoms with Crippen molar-refractivity contribution in [1.29, 1.82) is 0 Å². The van der Waals surface area contributed by atoms with E-state index in [9.17, 15) is 19.0 Å². The van der Waals surface area contributed by atoms with Crippen LogP contribution in [0, 0.1) is 0 Å². The van der Waals surface area contributed by atoms with Gasteiger partial charge in [-0.05, 0) is 31.7 Å². The number of carbonyl (C=O) groups excluding carboxylic acids is 2. The number of Topliss-reactive ketones (excluding diaryl/α,β-unsaturated/α-hetero) is 2. The first-order valence-electron chi connectivity index (χ1n) is 6.75.